The number of benzene rings is 3. The van der Waals surface area contributed by atoms with Crippen LogP contribution in [0.25, 0.3) is 16.9 Å². The van der Waals surface area contributed by atoms with E-state index in [1.54, 1.807) is 24.3 Å². The van der Waals surface area contributed by atoms with Crippen LogP contribution in [0, 0.1) is 0 Å². The molecule has 0 saturated carbocycles. The van der Waals surface area contributed by atoms with Gasteiger partial charge in [0.15, 0.2) is 0 Å². The zero-order valence-corrected chi connectivity index (χ0v) is 21.0. The van der Waals surface area contributed by atoms with Crippen molar-refractivity contribution in [2.45, 2.75) is 18.9 Å². The molecule has 1 aliphatic rings. The number of para-hydroxylation sites is 1. The number of amides is 2. The highest BCUT2D eigenvalue weighted by Crippen LogP contribution is 2.24. The Morgan fingerprint density at radius 3 is 2.38 bits per heavy atom. The van der Waals surface area contributed by atoms with Crippen LogP contribution in [0.5, 0.6) is 0 Å². The normalized spacial score (nSPS) is 14.9. The third-order valence-corrected chi connectivity index (χ3v) is 6.47. The lowest BCUT2D eigenvalue weighted by atomic mass is 10.1. The fourth-order valence-corrected chi connectivity index (χ4v) is 4.49. The van der Waals surface area contributed by atoms with E-state index in [-0.39, 0.29) is 24.5 Å². The molecule has 37 heavy (non-hydrogen) atoms. The highest BCUT2D eigenvalue weighted by Gasteiger charge is 2.26. The van der Waals surface area contributed by atoms with Crippen molar-refractivity contribution in [3.05, 3.63) is 102 Å². The summed E-state index contributed by atoms with van der Waals surface area (Å²) in [7, 11) is 0. The van der Waals surface area contributed by atoms with Crippen LogP contribution in [0.1, 0.15) is 23.2 Å². The molecule has 4 aromatic rings. The van der Waals surface area contributed by atoms with Crippen molar-refractivity contribution in [2.24, 2.45) is 0 Å². The number of carbonyl (C=O) groups is 2. The zero-order chi connectivity index (χ0) is 25.6. The van der Waals surface area contributed by atoms with Gasteiger partial charge in [-0.3, -0.25) is 19.5 Å². The summed E-state index contributed by atoms with van der Waals surface area (Å²) in [6.45, 7) is 0.859. The molecule has 0 spiro atoms. The molecule has 1 N–H and O–H groups in total. The van der Waals surface area contributed by atoms with Gasteiger partial charge in [-0.25, -0.2) is 4.98 Å². The minimum absolute atomic E-state index is 0.0972. The van der Waals surface area contributed by atoms with Crippen LogP contribution >= 0.6 is 11.6 Å². The summed E-state index contributed by atoms with van der Waals surface area (Å²) in [5.41, 5.74) is 2.99. The molecule has 7 nitrogen and oxygen atoms in total. The van der Waals surface area contributed by atoms with Crippen LogP contribution < -0.4 is 5.32 Å². The number of halogens is 1. The van der Waals surface area contributed by atoms with E-state index in [4.69, 9.17) is 21.3 Å². The SMILES string of the molecule is O=C(CN(C[C@H]1CCCO1)C(=O)c1ccc(Cl)cc1)Nc1nc(-c2ccccc2)cn1-c1ccccc1. The Hall–Kier alpha value is -3.94. The molecule has 1 fully saturated rings. The first-order chi connectivity index (χ1) is 18.1. The first kappa shape index (κ1) is 24.7. The van der Waals surface area contributed by atoms with Crippen molar-refractivity contribution in [3.8, 4) is 16.9 Å². The van der Waals surface area contributed by atoms with Gasteiger partial charge in [0.25, 0.3) is 5.91 Å². The van der Waals surface area contributed by atoms with Gasteiger partial charge in [-0.05, 0) is 49.2 Å². The number of rotatable bonds is 8. The van der Waals surface area contributed by atoms with Crippen LogP contribution in [-0.2, 0) is 9.53 Å². The van der Waals surface area contributed by atoms with Crippen LogP contribution in [-0.4, -0.2) is 52.1 Å². The molecule has 2 amide bonds. The number of imidazole rings is 1. The molecule has 1 saturated heterocycles. The number of nitrogens with one attached hydrogen (secondary N) is 1. The first-order valence-electron chi connectivity index (χ1n) is 12.2. The van der Waals surface area contributed by atoms with Gasteiger partial charge >= 0.3 is 0 Å². The van der Waals surface area contributed by atoms with Gasteiger partial charge in [-0.1, -0.05) is 60.1 Å². The maximum absolute atomic E-state index is 13.3. The van der Waals surface area contributed by atoms with E-state index >= 15 is 0 Å². The minimum atomic E-state index is -0.345. The first-order valence-corrected chi connectivity index (χ1v) is 12.6. The molecule has 1 aliphatic heterocycles. The molecular formula is C29H27ClN4O3. The van der Waals surface area contributed by atoms with Crippen LogP contribution in [0.3, 0.4) is 0 Å². The van der Waals surface area contributed by atoms with Crippen molar-refractivity contribution in [1.82, 2.24) is 14.5 Å². The van der Waals surface area contributed by atoms with Crippen molar-refractivity contribution in [1.29, 1.82) is 0 Å². The molecule has 0 radical (unpaired) electrons. The summed E-state index contributed by atoms with van der Waals surface area (Å²) in [6, 6.07) is 26.1. The van der Waals surface area contributed by atoms with Gasteiger partial charge in [0.1, 0.15) is 6.54 Å². The van der Waals surface area contributed by atoms with Crippen molar-refractivity contribution in [3.63, 3.8) is 0 Å². The molecule has 0 unspecified atom stereocenters. The summed E-state index contributed by atoms with van der Waals surface area (Å²) >= 11 is 6.00. The summed E-state index contributed by atoms with van der Waals surface area (Å²) < 4.78 is 7.59. The second kappa shape index (κ2) is 11.4. The molecule has 0 aliphatic carbocycles. The molecule has 188 valence electrons. The van der Waals surface area contributed by atoms with Crippen LogP contribution in [0.2, 0.25) is 5.02 Å². The summed E-state index contributed by atoms with van der Waals surface area (Å²) in [5.74, 6) is -0.215. The summed E-state index contributed by atoms with van der Waals surface area (Å²) in [5, 5.41) is 3.47. The molecule has 2 heterocycles. The topological polar surface area (TPSA) is 76.5 Å². The lowest BCUT2D eigenvalue weighted by molar-refractivity contribution is -0.117. The Bertz CT molecular complexity index is 1350. The number of nitrogens with zero attached hydrogens (tertiary/aromatic N) is 3. The molecule has 0 bridgehead atoms. The number of hydrogen-bond acceptors (Lipinski definition) is 4. The van der Waals surface area contributed by atoms with Crippen molar-refractivity contribution < 1.29 is 14.3 Å². The van der Waals surface area contributed by atoms with Crippen molar-refractivity contribution in [2.75, 3.05) is 25.0 Å². The number of hydrogen-bond donors (Lipinski definition) is 1. The van der Waals surface area contributed by atoms with Gasteiger partial charge < -0.3 is 9.64 Å². The Balaban J connectivity index is 1.39. The summed E-state index contributed by atoms with van der Waals surface area (Å²) in [6.07, 6.45) is 3.59. The molecule has 1 atom stereocenters. The molecular weight excluding hydrogens is 488 g/mol. The monoisotopic (exact) mass is 514 g/mol. The third kappa shape index (κ3) is 6.07. The van der Waals surface area contributed by atoms with E-state index in [1.165, 1.54) is 4.90 Å². The van der Waals surface area contributed by atoms with Crippen molar-refractivity contribution >= 4 is 29.4 Å². The largest absolute Gasteiger partial charge is 0.376 e. The quantitative estimate of drug-likeness (QED) is 0.339. The van der Waals surface area contributed by atoms with E-state index in [0.717, 1.165) is 29.8 Å². The highest BCUT2D eigenvalue weighted by molar-refractivity contribution is 6.30. The molecule has 5 rings (SSSR count). The Kier molecular flexibility index (Phi) is 7.63. The summed E-state index contributed by atoms with van der Waals surface area (Å²) in [4.78, 5) is 32.9. The van der Waals surface area contributed by atoms with E-state index < -0.39 is 0 Å². The zero-order valence-electron chi connectivity index (χ0n) is 20.2. The fraction of sp³-hybridized carbons (Fsp3) is 0.207. The average molecular weight is 515 g/mol. The number of aromatic nitrogens is 2. The second-order valence-electron chi connectivity index (χ2n) is 8.90. The number of ether oxygens (including phenoxy) is 1. The van der Waals surface area contributed by atoms with Gasteiger partial charge in [-0.15, -0.1) is 0 Å². The highest BCUT2D eigenvalue weighted by atomic mass is 35.5. The fourth-order valence-electron chi connectivity index (χ4n) is 4.37. The third-order valence-electron chi connectivity index (χ3n) is 6.22. The Labute approximate surface area is 220 Å². The predicted molar refractivity (Wildman–Crippen MR) is 144 cm³/mol. The Morgan fingerprint density at radius 1 is 1.00 bits per heavy atom. The molecule has 3 aromatic carbocycles. The van der Waals surface area contributed by atoms with E-state index in [0.29, 0.717) is 29.7 Å². The standard InChI is InChI=1S/C29H27ClN4O3/c30-23-15-13-22(14-16-23)28(36)33(18-25-12-7-17-37-25)20-27(35)32-29-31-26(21-8-3-1-4-9-21)19-34(29)24-10-5-2-6-11-24/h1-6,8-11,13-16,19,25H,7,12,17-18,20H2,(H,31,32,35)/t25-/m1/s1. The number of carbonyl (C=O) groups excluding carboxylic acids is 2. The Morgan fingerprint density at radius 2 is 1.70 bits per heavy atom. The average Bonchev–Trinajstić information content (AvgIpc) is 3.59. The minimum Gasteiger partial charge on any atom is -0.376 e. The number of anilines is 1. The maximum Gasteiger partial charge on any atom is 0.254 e. The van der Waals surface area contributed by atoms with E-state index in [9.17, 15) is 9.59 Å². The van der Waals surface area contributed by atoms with Crippen LogP contribution in [0.4, 0.5) is 5.95 Å². The van der Waals surface area contributed by atoms with E-state index in [2.05, 4.69) is 5.32 Å². The lowest BCUT2D eigenvalue weighted by Crippen LogP contribution is -2.42. The van der Waals surface area contributed by atoms with E-state index in [1.807, 2.05) is 71.4 Å². The van der Waals surface area contributed by atoms with Gasteiger partial charge in [0.05, 0.1) is 11.8 Å². The smallest absolute Gasteiger partial charge is 0.254 e. The molecule has 8 heteroatoms. The predicted octanol–water partition coefficient (Wildman–Crippen LogP) is 5.45. The van der Waals surface area contributed by atoms with Gasteiger partial charge in [0.2, 0.25) is 11.9 Å². The van der Waals surface area contributed by atoms with Gasteiger partial charge in [0, 0.05) is 41.2 Å². The lowest BCUT2D eigenvalue weighted by Gasteiger charge is -2.25. The van der Waals surface area contributed by atoms with Gasteiger partial charge in [-0.2, -0.15) is 0 Å². The maximum atomic E-state index is 13.3. The second-order valence-corrected chi connectivity index (χ2v) is 9.33. The molecule has 1 aromatic heterocycles. The van der Waals surface area contributed by atoms with Crippen LogP contribution in [0.15, 0.2) is 91.1 Å².